The van der Waals surface area contributed by atoms with Crippen molar-refractivity contribution in [2.24, 2.45) is 0 Å². The maximum atomic E-state index is 13.5. The summed E-state index contributed by atoms with van der Waals surface area (Å²) in [5.41, 5.74) is 0. The Morgan fingerprint density at radius 2 is 2.10 bits per heavy atom. The van der Waals surface area contributed by atoms with Gasteiger partial charge in [-0.1, -0.05) is 45.8 Å². The van der Waals surface area contributed by atoms with E-state index in [1.54, 1.807) is 22.6 Å². The molecule has 1 unspecified atom stereocenters. The number of sulfonamides is 1. The summed E-state index contributed by atoms with van der Waals surface area (Å²) in [6, 6.07) is 2.16. The van der Waals surface area contributed by atoms with E-state index < -0.39 is 35.7 Å². The van der Waals surface area contributed by atoms with E-state index in [2.05, 4.69) is 9.46 Å². The van der Waals surface area contributed by atoms with Crippen LogP contribution < -0.4 is 4.72 Å². The first-order chi connectivity index (χ1) is 9.20. The maximum absolute atomic E-state index is 13.5. The first kappa shape index (κ1) is 17.9. The number of ether oxygens (including phenoxy) is 1. The lowest BCUT2D eigenvalue weighted by Crippen LogP contribution is -2.34. The summed E-state index contributed by atoms with van der Waals surface area (Å²) < 4.78 is 43.3. The summed E-state index contributed by atoms with van der Waals surface area (Å²) in [7, 11) is -2.87. The largest absolute Gasteiger partial charge is 0.468 e. The SMILES string of the molecule is COC(=O)C(I)CNS(=O)(=O)c1ccc(Cl)c(F)c1Cl. The number of halogens is 4. The number of esters is 1. The van der Waals surface area contributed by atoms with Crippen LogP contribution in [-0.2, 0) is 19.6 Å². The third kappa shape index (κ3) is 4.17. The Hall–Kier alpha value is -0.160. The van der Waals surface area contributed by atoms with Crippen molar-refractivity contribution in [1.29, 1.82) is 0 Å². The van der Waals surface area contributed by atoms with E-state index in [0.717, 1.165) is 12.1 Å². The first-order valence-corrected chi connectivity index (χ1v) is 8.54. The molecule has 112 valence electrons. The van der Waals surface area contributed by atoms with E-state index in [9.17, 15) is 17.6 Å². The highest BCUT2D eigenvalue weighted by atomic mass is 127. The molecule has 0 bridgehead atoms. The monoisotopic (exact) mass is 455 g/mol. The number of alkyl halides is 1. The molecule has 20 heavy (non-hydrogen) atoms. The molecule has 1 atom stereocenters. The van der Waals surface area contributed by atoms with Crippen LogP contribution in [0.3, 0.4) is 0 Å². The van der Waals surface area contributed by atoms with Crippen LogP contribution in [0.2, 0.25) is 10.0 Å². The Morgan fingerprint density at radius 1 is 1.50 bits per heavy atom. The van der Waals surface area contributed by atoms with Crippen molar-refractivity contribution >= 4 is 61.8 Å². The predicted octanol–water partition coefficient (Wildman–Crippen LogP) is 2.39. The van der Waals surface area contributed by atoms with E-state index >= 15 is 0 Å². The lowest BCUT2D eigenvalue weighted by Gasteiger charge is -2.11. The van der Waals surface area contributed by atoms with Gasteiger partial charge < -0.3 is 4.74 Å². The Balaban J connectivity index is 2.96. The van der Waals surface area contributed by atoms with Gasteiger partial charge in [0, 0.05) is 6.54 Å². The van der Waals surface area contributed by atoms with Gasteiger partial charge in [0.2, 0.25) is 10.0 Å². The molecule has 10 heteroatoms. The first-order valence-electron chi connectivity index (χ1n) is 5.05. The van der Waals surface area contributed by atoms with Crippen molar-refractivity contribution in [1.82, 2.24) is 4.72 Å². The molecule has 0 saturated heterocycles. The van der Waals surface area contributed by atoms with Crippen LogP contribution >= 0.6 is 45.8 Å². The summed E-state index contributed by atoms with van der Waals surface area (Å²) in [5, 5.41) is -0.886. The zero-order valence-corrected chi connectivity index (χ0v) is 14.5. The Bertz CT molecular complexity index is 626. The second-order valence-corrected chi connectivity index (χ2v) is 7.54. The fourth-order valence-corrected chi connectivity index (χ4v) is 3.75. The highest BCUT2D eigenvalue weighted by Gasteiger charge is 2.24. The van der Waals surface area contributed by atoms with Gasteiger partial charge >= 0.3 is 5.97 Å². The molecule has 0 amide bonds. The minimum Gasteiger partial charge on any atom is -0.468 e. The number of carbonyl (C=O) groups is 1. The normalized spacial score (nSPS) is 13.1. The fraction of sp³-hybridized carbons (Fsp3) is 0.300. The maximum Gasteiger partial charge on any atom is 0.319 e. The minimum absolute atomic E-state index is 0.212. The quantitative estimate of drug-likeness (QED) is 0.320. The standard InChI is InChI=1S/C10H9Cl2FINO4S/c1-19-10(16)6(14)4-15-20(17,18)7-3-2-5(11)9(13)8(7)12/h2-3,6,15H,4H2,1H3. The Kier molecular flexibility index (Phi) is 6.45. The minimum atomic E-state index is -4.06. The zero-order chi connectivity index (χ0) is 15.5. The molecule has 0 radical (unpaired) electrons. The summed E-state index contributed by atoms with van der Waals surface area (Å²) in [4.78, 5) is 10.7. The fourth-order valence-electron chi connectivity index (χ4n) is 1.19. The molecule has 1 aromatic rings. The average molecular weight is 456 g/mol. The predicted molar refractivity (Wildman–Crippen MR) is 81.4 cm³/mol. The molecule has 1 N–H and O–H groups in total. The molecule has 0 aliphatic rings. The topological polar surface area (TPSA) is 72.5 Å². The number of hydrogen-bond donors (Lipinski definition) is 1. The number of carbonyl (C=O) groups excluding carboxylic acids is 1. The lowest BCUT2D eigenvalue weighted by molar-refractivity contribution is -0.139. The van der Waals surface area contributed by atoms with E-state index in [4.69, 9.17) is 23.2 Å². The molecule has 1 aromatic carbocycles. The van der Waals surface area contributed by atoms with E-state index in [-0.39, 0.29) is 11.6 Å². The van der Waals surface area contributed by atoms with Crippen LogP contribution in [0.5, 0.6) is 0 Å². The third-order valence-electron chi connectivity index (χ3n) is 2.20. The molecule has 0 aliphatic heterocycles. The van der Waals surface area contributed by atoms with Crippen molar-refractivity contribution < 1.29 is 22.3 Å². The summed E-state index contributed by atoms with van der Waals surface area (Å²) in [5.74, 6) is -1.60. The molecule has 0 heterocycles. The number of nitrogens with one attached hydrogen (secondary N) is 1. The van der Waals surface area contributed by atoms with Crippen LogP contribution in [0.4, 0.5) is 4.39 Å². The van der Waals surface area contributed by atoms with Crippen molar-refractivity contribution in [2.45, 2.75) is 8.82 Å². The van der Waals surface area contributed by atoms with Crippen LogP contribution in [0.25, 0.3) is 0 Å². The molecule has 0 spiro atoms. The van der Waals surface area contributed by atoms with Gasteiger partial charge in [-0.3, -0.25) is 4.79 Å². The molecular formula is C10H9Cl2FINO4S. The zero-order valence-electron chi connectivity index (χ0n) is 9.99. The summed E-state index contributed by atoms with van der Waals surface area (Å²) in [6.07, 6.45) is 0. The lowest BCUT2D eigenvalue weighted by atomic mass is 10.3. The highest BCUT2D eigenvalue weighted by Crippen LogP contribution is 2.29. The van der Waals surface area contributed by atoms with Crippen LogP contribution in [-0.4, -0.2) is 32.0 Å². The third-order valence-corrected chi connectivity index (χ3v) is 5.39. The van der Waals surface area contributed by atoms with Gasteiger partial charge in [0.1, 0.15) is 8.82 Å². The van der Waals surface area contributed by atoms with Crippen LogP contribution in [0.1, 0.15) is 0 Å². The summed E-state index contributed by atoms with van der Waals surface area (Å²) >= 11 is 12.8. The number of rotatable bonds is 5. The average Bonchev–Trinajstić information content (AvgIpc) is 2.41. The highest BCUT2D eigenvalue weighted by molar-refractivity contribution is 14.1. The number of methoxy groups -OCH3 is 1. The second kappa shape index (κ2) is 7.21. The van der Waals surface area contributed by atoms with Gasteiger partial charge in [-0.2, -0.15) is 0 Å². The smallest absolute Gasteiger partial charge is 0.319 e. The van der Waals surface area contributed by atoms with Gasteiger partial charge in [-0.25, -0.2) is 17.5 Å². The molecule has 0 aliphatic carbocycles. The Morgan fingerprint density at radius 3 is 2.65 bits per heavy atom. The number of benzene rings is 1. The second-order valence-electron chi connectivity index (χ2n) is 3.52. The molecule has 5 nitrogen and oxygen atoms in total. The molecule has 0 aromatic heterocycles. The van der Waals surface area contributed by atoms with Crippen LogP contribution in [0, 0.1) is 5.82 Å². The van der Waals surface area contributed by atoms with Gasteiger partial charge in [0.05, 0.1) is 17.2 Å². The van der Waals surface area contributed by atoms with Gasteiger partial charge in [-0.15, -0.1) is 0 Å². The molecule has 0 fully saturated rings. The van der Waals surface area contributed by atoms with Crippen molar-refractivity contribution in [3.8, 4) is 0 Å². The van der Waals surface area contributed by atoms with E-state index in [0.29, 0.717) is 0 Å². The molecule has 0 saturated carbocycles. The van der Waals surface area contributed by atoms with E-state index in [1.165, 1.54) is 7.11 Å². The molecule has 1 rings (SSSR count). The Labute approximate surface area is 139 Å². The van der Waals surface area contributed by atoms with Crippen molar-refractivity contribution in [2.75, 3.05) is 13.7 Å². The van der Waals surface area contributed by atoms with Crippen molar-refractivity contribution in [3.63, 3.8) is 0 Å². The van der Waals surface area contributed by atoms with E-state index in [1.807, 2.05) is 0 Å². The molecular weight excluding hydrogens is 447 g/mol. The van der Waals surface area contributed by atoms with Gasteiger partial charge in [0.25, 0.3) is 0 Å². The van der Waals surface area contributed by atoms with Gasteiger partial charge in [0.15, 0.2) is 5.82 Å². The number of hydrogen-bond acceptors (Lipinski definition) is 4. The van der Waals surface area contributed by atoms with Crippen molar-refractivity contribution in [3.05, 3.63) is 28.0 Å². The summed E-state index contributed by atoms with van der Waals surface area (Å²) in [6.45, 7) is -0.212. The van der Waals surface area contributed by atoms with Crippen LogP contribution in [0.15, 0.2) is 17.0 Å². The van der Waals surface area contributed by atoms with Gasteiger partial charge in [-0.05, 0) is 12.1 Å².